The topological polar surface area (TPSA) is 26.3 Å². The fraction of sp³-hybridized carbons (Fsp3) is 0.250. The summed E-state index contributed by atoms with van der Waals surface area (Å²) in [7, 11) is 0. The van der Waals surface area contributed by atoms with E-state index in [-0.39, 0.29) is 5.03 Å². The van der Waals surface area contributed by atoms with Crippen LogP contribution in [0.25, 0.3) is 0 Å². The SMILES string of the molecule is C=C(Cl)C(=O)OC(C)(C)c1ccccc1. The predicted octanol–water partition coefficient (Wildman–Crippen LogP) is 3.22. The van der Waals surface area contributed by atoms with E-state index in [4.69, 9.17) is 16.3 Å². The molecular formula is C12H13ClO2. The van der Waals surface area contributed by atoms with E-state index in [0.717, 1.165) is 5.56 Å². The molecule has 0 saturated heterocycles. The second kappa shape index (κ2) is 4.49. The number of carbonyl (C=O) groups is 1. The maximum absolute atomic E-state index is 11.3. The molecular weight excluding hydrogens is 212 g/mol. The average molecular weight is 225 g/mol. The van der Waals surface area contributed by atoms with Crippen LogP contribution in [-0.2, 0) is 15.1 Å². The Labute approximate surface area is 94.5 Å². The van der Waals surface area contributed by atoms with E-state index in [9.17, 15) is 4.79 Å². The smallest absolute Gasteiger partial charge is 0.349 e. The Morgan fingerprint density at radius 2 is 1.87 bits per heavy atom. The largest absolute Gasteiger partial charge is 0.451 e. The standard InChI is InChI=1S/C12H13ClO2/c1-9(13)11(14)15-12(2,3)10-7-5-4-6-8-10/h4-8H,1H2,2-3H3. The van der Waals surface area contributed by atoms with Gasteiger partial charge in [0.25, 0.3) is 0 Å². The van der Waals surface area contributed by atoms with Gasteiger partial charge in [-0.15, -0.1) is 0 Å². The molecule has 0 unspecified atom stereocenters. The minimum atomic E-state index is -0.698. The molecule has 0 heterocycles. The van der Waals surface area contributed by atoms with Gasteiger partial charge in [0.05, 0.1) is 0 Å². The second-order valence-electron chi connectivity index (χ2n) is 3.67. The first kappa shape index (κ1) is 11.8. The van der Waals surface area contributed by atoms with Crippen molar-refractivity contribution in [3.8, 4) is 0 Å². The third-order valence-electron chi connectivity index (χ3n) is 2.04. The van der Waals surface area contributed by atoms with Crippen LogP contribution in [0, 0.1) is 0 Å². The molecule has 0 bridgehead atoms. The highest BCUT2D eigenvalue weighted by molar-refractivity contribution is 6.40. The van der Waals surface area contributed by atoms with Crippen molar-refractivity contribution in [1.82, 2.24) is 0 Å². The van der Waals surface area contributed by atoms with Crippen LogP contribution >= 0.6 is 11.6 Å². The molecule has 0 aliphatic heterocycles. The first-order valence-electron chi connectivity index (χ1n) is 4.57. The van der Waals surface area contributed by atoms with Gasteiger partial charge in [-0.3, -0.25) is 0 Å². The van der Waals surface area contributed by atoms with Gasteiger partial charge in [0.1, 0.15) is 10.6 Å². The number of esters is 1. The van der Waals surface area contributed by atoms with Gasteiger partial charge in [0, 0.05) is 0 Å². The molecule has 0 aliphatic carbocycles. The summed E-state index contributed by atoms with van der Waals surface area (Å²) in [6.45, 7) is 6.94. The summed E-state index contributed by atoms with van der Waals surface area (Å²) in [4.78, 5) is 11.3. The molecule has 0 N–H and O–H groups in total. The van der Waals surface area contributed by atoms with Gasteiger partial charge in [0.15, 0.2) is 0 Å². The molecule has 1 aromatic rings. The maximum atomic E-state index is 11.3. The highest BCUT2D eigenvalue weighted by Crippen LogP contribution is 2.25. The van der Waals surface area contributed by atoms with Crippen molar-refractivity contribution in [2.24, 2.45) is 0 Å². The third-order valence-corrected chi connectivity index (χ3v) is 2.19. The van der Waals surface area contributed by atoms with Crippen LogP contribution in [-0.4, -0.2) is 5.97 Å². The van der Waals surface area contributed by atoms with Gasteiger partial charge in [-0.05, 0) is 19.4 Å². The predicted molar refractivity (Wildman–Crippen MR) is 60.6 cm³/mol. The molecule has 15 heavy (non-hydrogen) atoms. The number of hydrogen-bond donors (Lipinski definition) is 0. The highest BCUT2D eigenvalue weighted by Gasteiger charge is 2.25. The van der Waals surface area contributed by atoms with E-state index in [0.29, 0.717) is 0 Å². The molecule has 0 fully saturated rings. The fourth-order valence-corrected chi connectivity index (χ4v) is 1.22. The lowest BCUT2D eigenvalue weighted by Crippen LogP contribution is -2.25. The molecule has 2 nitrogen and oxygen atoms in total. The van der Waals surface area contributed by atoms with Gasteiger partial charge < -0.3 is 4.74 Å². The number of carbonyl (C=O) groups excluding carboxylic acids is 1. The number of ether oxygens (including phenoxy) is 1. The van der Waals surface area contributed by atoms with Crippen LogP contribution in [0.3, 0.4) is 0 Å². The van der Waals surface area contributed by atoms with Crippen molar-refractivity contribution in [2.75, 3.05) is 0 Å². The quantitative estimate of drug-likeness (QED) is 0.582. The first-order valence-corrected chi connectivity index (χ1v) is 4.94. The molecule has 0 spiro atoms. The summed E-state index contributed by atoms with van der Waals surface area (Å²) < 4.78 is 5.21. The Morgan fingerprint density at radius 1 is 1.33 bits per heavy atom. The van der Waals surface area contributed by atoms with Gasteiger partial charge in [-0.1, -0.05) is 48.5 Å². The zero-order valence-electron chi connectivity index (χ0n) is 8.79. The molecule has 0 saturated carbocycles. The lowest BCUT2D eigenvalue weighted by molar-refractivity contribution is -0.151. The summed E-state index contributed by atoms with van der Waals surface area (Å²) in [5.41, 5.74) is 0.215. The van der Waals surface area contributed by atoms with Crippen molar-refractivity contribution in [3.63, 3.8) is 0 Å². The molecule has 0 amide bonds. The first-order chi connectivity index (χ1) is 6.93. The zero-order chi connectivity index (χ0) is 11.5. The van der Waals surface area contributed by atoms with Crippen molar-refractivity contribution < 1.29 is 9.53 Å². The van der Waals surface area contributed by atoms with Gasteiger partial charge in [0.2, 0.25) is 0 Å². The molecule has 80 valence electrons. The summed E-state index contributed by atoms with van der Waals surface area (Å²) in [6.07, 6.45) is 0. The van der Waals surface area contributed by atoms with E-state index in [1.54, 1.807) is 13.8 Å². The molecule has 0 aliphatic rings. The van der Waals surface area contributed by atoms with E-state index < -0.39 is 11.6 Å². The summed E-state index contributed by atoms with van der Waals surface area (Å²) in [5.74, 6) is -0.592. The van der Waals surface area contributed by atoms with Crippen LogP contribution in [0.15, 0.2) is 41.9 Å². The highest BCUT2D eigenvalue weighted by atomic mass is 35.5. The average Bonchev–Trinajstić information content (AvgIpc) is 2.18. The molecule has 0 radical (unpaired) electrons. The molecule has 3 heteroatoms. The number of halogens is 1. The normalized spacial score (nSPS) is 10.9. The van der Waals surface area contributed by atoms with Gasteiger partial charge in [-0.2, -0.15) is 0 Å². The van der Waals surface area contributed by atoms with Crippen molar-refractivity contribution in [1.29, 1.82) is 0 Å². The molecule has 0 atom stereocenters. The molecule has 1 aromatic carbocycles. The van der Waals surface area contributed by atoms with E-state index in [1.807, 2.05) is 30.3 Å². The zero-order valence-corrected chi connectivity index (χ0v) is 9.54. The van der Waals surface area contributed by atoms with E-state index >= 15 is 0 Å². The monoisotopic (exact) mass is 224 g/mol. The maximum Gasteiger partial charge on any atom is 0.349 e. The van der Waals surface area contributed by atoms with E-state index in [2.05, 4.69) is 6.58 Å². The van der Waals surface area contributed by atoms with Crippen LogP contribution in [0.5, 0.6) is 0 Å². The van der Waals surface area contributed by atoms with E-state index in [1.165, 1.54) is 0 Å². The van der Waals surface area contributed by atoms with Crippen LogP contribution in [0.2, 0.25) is 0 Å². The van der Waals surface area contributed by atoms with Crippen LogP contribution in [0.1, 0.15) is 19.4 Å². The number of benzene rings is 1. The lowest BCUT2D eigenvalue weighted by Gasteiger charge is -2.25. The fourth-order valence-electron chi connectivity index (χ4n) is 1.19. The van der Waals surface area contributed by atoms with Crippen molar-refractivity contribution in [2.45, 2.75) is 19.4 Å². The van der Waals surface area contributed by atoms with Gasteiger partial charge in [-0.25, -0.2) is 4.79 Å². The number of rotatable bonds is 3. The van der Waals surface area contributed by atoms with Crippen LogP contribution < -0.4 is 0 Å². The third kappa shape index (κ3) is 3.10. The van der Waals surface area contributed by atoms with Crippen molar-refractivity contribution >= 4 is 17.6 Å². The summed E-state index contributed by atoms with van der Waals surface area (Å²) in [5, 5.41) is -0.112. The summed E-state index contributed by atoms with van der Waals surface area (Å²) in [6, 6.07) is 9.47. The Kier molecular flexibility index (Phi) is 3.53. The van der Waals surface area contributed by atoms with Crippen LogP contribution in [0.4, 0.5) is 0 Å². The molecule has 1 rings (SSSR count). The summed E-state index contributed by atoms with van der Waals surface area (Å²) >= 11 is 5.45. The molecule has 0 aromatic heterocycles. The lowest BCUT2D eigenvalue weighted by atomic mass is 9.98. The second-order valence-corrected chi connectivity index (χ2v) is 4.13. The minimum absolute atomic E-state index is 0.112. The minimum Gasteiger partial charge on any atom is -0.451 e. The Morgan fingerprint density at radius 3 is 2.33 bits per heavy atom. The Hall–Kier alpha value is -1.28. The Bertz CT molecular complexity index is 368. The Balaban J connectivity index is 2.85. The van der Waals surface area contributed by atoms with Gasteiger partial charge >= 0.3 is 5.97 Å². The van der Waals surface area contributed by atoms with Crippen molar-refractivity contribution in [3.05, 3.63) is 47.5 Å². The number of hydrogen-bond acceptors (Lipinski definition) is 2.